The van der Waals surface area contributed by atoms with Crippen LogP contribution < -0.4 is 0 Å². The van der Waals surface area contributed by atoms with Crippen LogP contribution in [0, 0.1) is 0 Å². The molecule has 3 N–H and O–H groups in total. The van der Waals surface area contributed by atoms with Gasteiger partial charge in [0.05, 0.1) is 6.10 Å². The molecule has 0 aliphatic carbocycles. The molecule has 0 saturated carbocycles. The highest BCUT2D eigenvalue weighted by Crippen LogP contribution is 2.24. The van der Waals surface area contributed by atoms with Crippen LogP contribution in [0.15, 0.2) is 0 Å². The molecule has 0 aromatic heterocycles. The summed E-state index contributed by atoms with van der Waals surface area (Å²) in [5.41, 5.74) is 0. The van der Waals surface area contributed by atoms with Crippen LogP contribution in [-0.2, 0) is 4.74 Å². The number of rotatable bonds is 1. The Morgan fingerprint density at radius 3 is 2.08 bits per heavy atom. The fourth-order valence-corrected chi connectivity index (χ4v) is 1.29. The zero-order valence-corrected chi connectivity index (χ0v) is 6.97. The Morgan fingerprint density at radius 2 is 1.62 bits per heavy atom. The Kier molecular flexibility index (Phi) is 3.18. The number of aliphatic hydroxyl groups is 3. The molecule has 0 aromatic rings. The van der Waals surface area contributed by atoms with E-state index >= 15 is 0 Å². The zero-order valence-electron chi connectivity index (χ0n) is 6.97. The Labute approximate surface area is 73.8 Å². The van der Waals surface area contributed by atoms with Crippen LogP contribution in [0.25, 0.3) is 0 Å². The normalized spacial score (nSPS) is 46.8. The minimum absolute atomic E-state index is 0.905. The van der Waals surface area contributed by atoms with Crippen molar-refractivity contribution in [1.82, 2.24) is 0 Å². The minimum Gasteiger partial charge on any atom is -0.388 e. The molecule has 13 heavy (non-hydrogen) atoms. The first kappa shape index (κ1) is 10.8. The molecule has 0 radical (unpaired) electrons. The lowest BCUT2D eigenvalue weighted by atomic mass is 9.96. The smallest absolute Gasteiger partial charge is 0.267 e. The molecule has 3 unspecified atom stereocenters. The van der Waals surface area contributed by atoms with Crippen molar-refractivity contribution < 1.29 is 28.8 Å². The topological polar surface area (TPSA) is 69.9 Å². The molecule has 1 aliphatic rings. The van der Waals surface area contributed by atoms with Gasteiger partial charge in [0, 0.05) is 0 Å². The van der Waals surface area contributed by atoms with Gasteiger partial charge >= 0.3 is 0 Å². The number of hydrogen-bond acceptors (Lipinski definition) is 4. The van der Waals surface area contributed by atoms with Gasteiger partial charge in [0.2, 0.25) is 0 Å². The van der Waals surface area contributed by atoms with E-state index in [0.717, 1.165) is 0 Å². The molecule has 78 valence electrons. The Bertz CT molecular complexity index is 178. The molecule has 0 bridgehead atoms. The van der Waals surface area contributed by atoms with Crippen LogP contribution >= 0.6 is 0 Å². The van der Waals surface area contributed by atoms with E-state index in [1.165, 1.54) is 6.92 Å². The van der Waals surface area contributed by atoms with Crippen molar-refractivity contribution in [2.75, 3.05) is 0 Å². The molecule has 1 rings (SSSR count). The Balaban J connectivity index is 2.70. The summed E-state index contributed by atoms with van der Waals surface area (Å²) in [6.45, 7) is 1.36. The third kappa shape index (κ3) is 1.96. The average Bonchev–Trinajstić information content (AvgIpc) is 2.07. The standard InChI is InChI=1S/C7H12F2O4/c1-2-3(10)4(11)5(12)6(13-2)7(8)9/h2-7,10-12H,1H3/t2-,3?,4?,5-,6?/m1/s1. The highest BCUT2D eigenvalue weighted by molar-refractivity contribution is 4.91. The van der Waals surface area contributed by atoms with Gasteiger partial charge in [0.15, 0.2) is 0 Å². The van der Waals surface area contributed by atoms with E-state index in [1.54, 1.807) is 0 Å². The lowest BCUT2D eigenvalue weighted by Crippen LogP contribution is -2.58. The lowest BCUT2D eigenvalue weighted by Gasteiger charge is -2.38. The third-order valence-corrected chi connectivity index (χ3v) is 2.14. The number of halogens is 2. The maximum atomic E-state index is 12.2. The maximum absolute atomic E-state index is 12.2. The minimum atomic E-state index is -2.88. The summed E-state index contributed by atoms with van der Waals surface area (Å²) >= 11 is 0. The van der Waals surface area contributed by atoms with Crippen molar-refractivity contribution in [2.45, 2.75) is 43.9 Å². The fraction of sp³-hybridized carbons (Fsp3) is 1.00. The number of aliphatic hydroxyl groups excluding tert-OH is 3. The predicted octanol–water partition coefficient (Wildman–Crippen LogP) is -0.879. The van der Waals surface area contributed by atoms with Crippen LogP contribution in [0.2, 0.25) is 0 Å². The van der Waals surface area contributed by atoms with E-state index in [0.29, 0.717) is 0 Å². The zero-order chi connectivity index (χ0) is 10.2. The first-order valence-electron chi connectivity index (χ1n) is 3.93. The second-order valence-corrected chi connectivity index (χ2v) is 3.11. The van der Waals surface area contributed by atoms with Crippen LogP contribution in [0.4, 0.5) is 8.78 Å². The maximum Gasteiger partial charge on any atom is 0.267 e. The van der Waals surface area contributed by atoms with Gasteiger partial charge in [-0.2, -0.15) is 0 Å². The number of alkyl halides is 2. The molecule has 5 atom stereocenters. The SMILES string of the molecule is C[C@H]1OC(C(F)F)[C@H](O)C(O)C1O. The van der Waals surface area contributed by atoms with Gasteiger partial charge in [-0.15, -0.1) is 0 Å². The van der Waals surface area contributed by atoms with Gasteiger partial charge in [-0.05, 0) is 6.92 Å². The van der Waals surface area contributed by atoms with Crippen molar-refractivity contribution in [2.24, 2.45) is 0 Å². The fourth-order valence-electron chi connectivity index (χ4n) is 1.29. The molecule has 4 nitrogen and oxygen atoms in total. The largest absolute Gasteiger partial charge is 0.388 e. The summed E-state index contributed by atoms with van der Waals surface area (Å²) in [6, 6.07) is 0. The van der Waals surface area contributed by atoms with Gasteiger partial charge in [-0.25, -0.2) is 8.78 Å². The Hall–Kier alpha value is -0.300. The summed E-state index contributed by atoms with van der Waals surface area (Å²) in [4.78, 5) is 0. The summed E-state index contributed by atoms with van der Waals surface area (Å²) in [6.07, 6.45) is -10.2. The van der Waals surface area contributed by atoms with E-state index in [4.69, 9.17) is 15.3 Å². The van der Waals surface area contributed by atoms with Gasteiger partial charge < -0.3 is 20.1 Å². The first-order valence-corrected chi connectivity index (χ1v) is 3.93. The number of ether oxygens (including phenoxy) is 1. The molecule has 1 aliphatic heterocycles. The molecule has 1 heterocycles. The number of hydrogen-bond donors (Lipinski definition) is 3. The van der Waals surface area contributed by atoms with Crippen molar-refractivity contribution in [3.05, 3.63) is 0 Å². The molecule has 1 saturated heterocycles. The molecular weight excluding hydrogens is 186 g/mol. The Morgan fingerprint density at radius 1 is 1.08 bits per heavy atom. The van der Waals surface area contributed by atoms with Gasteiger partial charge in [-0.1, -0.05) is 0 Å². The van der Waals surface area contributed by atoms with Gasteiger partial charge in [0.1, 0.15) is 24.4 Å². The van der Waals surface area contributed by atoms with Crippen LogP contribution in [-0.4, -0.2) is 52.3 Å². The highest BCUT2D eigenvalue weighted by Gasteiger charge is 2.45. The van der Waals surface area contributed by atoms with Crippen LogP contribution in [0.1, 0.15) is 6.92 Å². The monoisotopic (exact) mass is 198 g/mol. The summed E-state index contributed by atoms with van der Waals surface area (Å²) in [5, 5.41) is 27.3. The predicted molar refractivity (Wildman–Crippen MR) is 38.4 cm³/mol. The summed E-state index contributed by atoms with van der Waals surface area (Å²) in [5.74, 6) is 0. The van der Waals surface area contributed by atoms with E-state index in [-0.39, 0.29) is 0 Å². The van der Waals surface area contributed by atoms with E-state index in [1.807, 2.05) is 0 Å². The second kappa shape index (κ2) is 3.83. The van der Waals surface area contributed by atoms with Crippen molar-refractivity contribution >= 4 is 0 Å². The van der Waals surface area contributed by atoms with Crippen molar-refractivity contribution in [1.29, 1.82) is 0 Å². The molecular formula is C7H12F2O4. The van der Waals surface area contributed by atoms with Crippen LogP contribution in [0.3, 0.4) is 0 Å². The molecule has 0 spiro atoms. The third-order valence-electron chi connectivity index (χ3n) is 2.14. The molecule has 0 aromatic carbocycles. The van der Waals surface area contributed by atoms with Gasteiger partial charge in [-0.3, -0.25) is 0 Å². The molecule has 6 heteroatoms. The summed E-state index contributed by atoms with van der Waals surface area (Å²) in [7, 11) is 0. The molecule has 0 amide bonds. The van der Waals surface area contributed by atoms with Gasteiger partial charge in [0.25, 0.3) is 6.43 Å². The quantitative estimate of drug-likeness (QED) is 0.512. The second-order valence-electron chi connectivity index (χ2n) is 3.11. The molecule has 1 fully saturated rings. The average molecular weight is 198 g/mol. The highest BCUT2D eigenvalue weighted by atomic mass is 19.3. The first-order chi connectivity index (χ1) is 5.95. The lowest BCUT2D eigenvalue weighted by molar-refractivity contribution is -0.244. The summed E-state index contributed by atoms with van der Waals surface area (Å²) < 4.78 is 29.0. The van der Waals surface area contributed by atoms with E-state index in [9.17, 15) is 8.78 Å². The van der Waals surface area contributed by atoms with E-state index in [2.05, 4.69) is 4.74 Å². The van der Waals surface area contributed by atoms with E-state index < -0.39 is 36.9 Å². The van der Waals surface area contributed by atoms with Crippen LogP contribution in [0.5, 0.6) is 0 Å². The van der Waals surface area contributed by atoms with Crippen molar-refractivity contribution in [3.63, 3.8) is 0 Å². The van der Waals surface area contributed by atoms with Crippen molar-refractivity contribution in [3.8, 4) is 0 Å².